The van der Waals surface area contributed by atoms with Crippen LogP contribution in [-0.4, -0.2) is 0 Å². The van der Waals surface area contributed by atoms with Crippen molar-refractivity contribution in [1.82, 2.24) is 0 Å². The summed E-state index contributed by atoms with van der Waals surface area (Å²) < 4.78 is 0. The van der Waals surface area contributed by atoms with Gasteiger partial charge in [-0.05, 0) is 0 Å². The summed E-state index contributed by atoms with van der Waals surface area (Å²) in [6.07, 6.45) is 0. The first-order valence-corrected chi connectivity index (χ1v) is 3.34. The van der Waals surface area contributed by atoms with E-state index in [1.54, 1.807) is 0 Å². The number of nitrogens with zero attached hydrogens (tertiary/aromatic N) is 4. The van der Waals surface area contributed by atoms with Crippen LogP contribution in [0.1, 0.15) is 0 Å². The number of hydrogen-bond acceptors (Lipinski definition) is 8. The van der Waals surface area contributed by atoms with Crippen molar-refractivity contribution in [2.75, 3.05) is 0 Å². The van der Waals surface area contributed by atoms with Gasteiger partial charge in [0.1, 0.15) is 0 Å². The van der Waals surface area contributed by atoms with E-state index in [9.17, 15) is 0 Å². The average Bonchev–Trinajstić information content (AvgIpc) is 1.92. The molecule has 0 heterocycles. The van der Waals surface area contributed by atoms with Gasteiger partial charge in [0, 0.05) is 0 Å². The van der Waals surface area contributed by atoms with Gasteiger partial charge in [-0.25, -0.2) is 21.0 Å². The third kappa shape index (κ3) is 469. The molecule has 0 bridgehead atoms. The zero-order valence-electron chi connectivity index (χ0n) is 7.74. The largest absolute Gasteiger partial charge is 2.00 e. The normalized spacial score (nSPS) is 1.87. The third-order valence-corrected chi connectivity index (χ3v) is 0. The SMILES string of the molecule is N#C[S-].N#C[S-].N#C[S-].N#C[S-].[K+].[K+].[Pt+2]. The molecular formula is C4K2N4PtS4. The van der Waals surface area contributed by atoms with E-state index in [1.807, 2.05) is 0 Å². The molecule has 0 aliphatic rings. The van der Waals surface area contributed by atoms with E-state index in [4.69, 9.17) is 21.0 Å². The van der Waals surface area contributed by atoms with E-state index < -0.39 is 0 Å². The first kappa shape index (κ1) is 43.1. The number of nitriles is 4. The van der Waals surface area contributed by atoms with Crippen LogP contribution in [0.3, 0.4) is 0 Å². The van der Waals surface area contributed by atoms with E-state index in [0.717, 1.165) is 0 Å². The minimum atomic E-state index is 0. The van der Waals surface area contributed by atoms with Gasteiger partial charge >= 0.3 is 124 Å². The molecule has 0 atom stereocenters. The van der Waals surface area contributed by atoms with Crippen molar-refractivity contribution in [2.45, 2.75) is 0 Å². The summed E-state index contributed by atoms with van der Waals surface area (Å²) in [4.78, 5) is 0. The van der Waals surface area contributed by atoms with Gasteiger partial charge in [-0.15, -0.1) is 0 Å². The van der Waals surface area contributed by atoms with E-state index in [2.05, 4.69) is 50.5 Å². The molecule has 0 amide bonds. The van der Waals surface area contributed by atoms with E-state index in [0.29, 0.717) is 0 Å². The second-order valence-corrected chi connectivity index (χ2v) is 1.10. The third-order valence-electron chi connectivity index (χ3n) is 0. The zero-order valence-corrected chi connectivity index (χ0v) is 19.5. The Hall–Kier alpha value is 2.80. The smallest absolute Gasteiger partial charge is 0.696 e. The topological polar surface area (TPSA) is 95.2 Å². The molecular weight excluding hydrogens is 506 g/mol. The van der Waals surface area contributed by atoms with Gasteiger partial charge in [-0.1, -0.05) is 21.6 Å². The summed E-state index contributed by atoms with van der Waals surface area (Å²) in [5.74, 6) is 0. The molecule has 0 unspecified atom stereocenters. The fourth-order valence-electron chi connectivity index (χ4n) is 0. The first-order chi connectivity index (χ1) is 5.66. The van der Waals surface area contributed by atoms with E-state index in [-0.39, 0.29) is 124 Å². The van der Waals surface area contributed by atoms with Crippen LogP contribution in [0.4, 0.5) is 0 Å². The average molecular weight is 506 g/mol. The fourth-order valence-corrected chi connectivity index (χ4v) is 0. The molecule has 15 heavy (non-hydrogen) atoms. The minimum Gasteiger partial charge on any atom is -0.696 e. The Bertz CT molecular complexity index is 167. The van der Waals surface area contributed by atoms with E-state index in [1.165, 1.54) is 21.6 Å². The molecule has 0 saturated carbocycles. The van der Waals surface area contributed by atoms with Crippen molar-refractivity contribution in [3.63, 3.8) is 0 Å². The van der Waals surface area contributed by atoms with Gasteiger partial charge < -0.3 is 50.5 Å². The second kappa shape index (κ2) is 90.7. The fraction of sp³-hybridized carbons (Fsp3) is 0. The predicted molar refractivity (Wildman–Crippen MR) is 51.9 cm³/mol. The van der Waals surface area contributed by atoms with Crippen LogP contribution >= 0.6 is 0 Å². The van der Waals surface area contributed by atoms with Crippen molar-refractivity contribution in [1.29, 1.82) is 21.0 Å². The molecule has 0 radical (unpaired) electrons. The summed E-state index contributed by atoms with van der Waals surface area (Å²) in [6, 6.07) is 0. The van der Waals surface area contributed by atoms with Gasteiger partial charge in [-0.2, -0.15) is 0 Å². The van der Waals surface area contributed by atoms with Gasteiger partial charge in [0.25, 0.3) is 0 Å². The Labute approximate surface area is 211 Å². The minimum absolute atomic E-state index is 0. The van der Waals surface area contributed by atoms with Crippen LogP contribution in [0.15, 0.2) is 0 Å². The maximum absolute atomic E-state index is 7.13. The molecule has 11 heteroatoms. The molecule has 0 aromatic rings. The Kier molecular flexibility index (Phi) is 260. The summed E-state index contributed by atoms with van der Waals surface area (Å²) in [5, 5.41) is 33.9. The molecule has 0 fully saturated rings. The van der Waals surface area contributed by atoms with Crippen molar-refractivity contribution in [3.8, 4) is 21.6 Å². The van der Waals surface area contributed by atoms with Gasteiger partial charge in [-0.3, -0.25) is 0 Å². The van der Waals surface area contributed by atoms with Crippen LogP contribution in [0, 0.1) is 42.7 Å². The Morgan fingerprint density at radius 2 is 0.533 bits per heavy atom. The molecule has 0 N–H and O–H groups in total. The quantitative estimate of drug-likeness (QED) is 0.183. The number of thiocyanates is 4. The monoisotopic (exact) mass is 505 g/mol. The van der Waals surface area contributed by atoms with Crippen molar-refractivity contribution < 1.29 is 124 Å². The van der Waals surface area contributed by atoms with Gasteiger partial charge in [0.15, 0.2) is 0 Å². The zero-order chi connectivity index (χ0) is 10.8. The first-order valence-electron chi connectivity index (χ1n) is 1.71. The summed E-state index contributed by atoms with van der Waals surface area (Å²) >= 11 is 14.8. The van der Waals surface area contributed by atoms with Crippen LogP contribution in [-0.2, 0) is 71.6 Å². The predicted octanol–water partition coefficient (Wildman–Crippen LogP) is -5.94. The summed E-state index contributed by atoms with van der Waals surface area (Å²) in [6.45, 7) is 0. The van der Waals surface area contributed by atoms with Crippen LogP contribution in [0.2, 0.25) is 0 Å². The molecule has 0 spiro atoms. The van der Waals surface area contributed by atoms with Crippen molar-refractivity contribution in [2.24, 2.45) is 0 Å². The Balaban J connectivity index is -0.0000000107. The molecule has 72 valence electrons. The van der Waals surface area contributed by atoms with Crippen LogP contribution in [0.25, 0.3) is 0 Å². The molecule has 0 aliphatic heterocycles. The molecule has 0 rings (SSSR count). The van der Waals surface area contributed by atoms with Crippen molar-refractivity contribution in [3.05, 3.63) is 0 Å². The standard InChI is InChI=1S/4CHNS.2K.Pt/c4*2-1-3;;;/h4*3H;;;/q;;;;2*+1;+2/p-4. The maximum Gasteiger partial charge on any atom is 2.00 e. The molecule has 0 aromatic heterocycles. The summed E-state index contributed by atoms with van der Waals surface area (Å²) in [5.41, 5.74) is 0. The molecule has 0 saturated heterocycles. The van der Waals surface area contributed by atoms with Gasteiger partial charge in [0.05, 0.1) is 0 Å². The molecule has 4 nitrogen and oxygen atoms in total. The van der Waals surface area contributed by atoms with Crippen LogP contribution in [0.5, 0.6) is 0 Å². The second-order valence-electron chi connectivity index (χ2n) is 0.365. The van der Waals surface area contributed by atoms with Crippen LogP contribution < -0.4 is 103 Å². The Morgan fingerprint density at radius 3 is 0.533 bits per heavy atom. The molecule has 0 aromatic carbocycles. The maximum atomic E-state index is 7.13. The van der Waals surface area contributed by atoms with Gasteiger partial charge in [0.2, 0.25) is 0 Å². The number of rotatable bonds is 0. The number of hydrogen-bond donors (Lipinski definition) is 0. The van der Waals surface area contributed by atoms with Crippen molar-refractivity contribution >= 4 is 50.5 Å². The Morgan fingerprint density at radius 1 is 0.533 bits per heavy atom. The summed E-state index contributed by atoms with van der Waals surface area (Å²) in [7, 11) is 0. The molecule has 0 aliphatic carbocycles. The van der Waals surface area contributed by atoms with E-state index >= 15 is 0 Å².